The Hall–Kier alpha value is -4.11. The van der Waals surface area contributed by atoms with Gasteiger partial charge in [0.2, 0.25) is 11.9 Å². The number of ether oxygens (including phenoxy) is 1. The molecular formula is C21H18ClFN8O3. The number of hydrogen-bond donors (Lipinski definition) is 2. The van der Waals surface area contributed by atoms with Gasteiger partial charge in [0.1, 0.15) is 16.7 Å². The molecule has 1 fully saturated rings. The SMILES string of the molecule is C[C@@H](OC(=O)Nc1c(-c2ccc(NC(=O)C3(C#N)CC3)c(F)n2)nnn1C)c1cccnc1Cl. The lowest BCUT2D eigenvalue weighted by molar-refractivity contribution is -0.119. The molecule has 1 saturated carbocycles. The molecule has 0 aliphatic heterocycles. The summed E-state index contributed by atoms with van der Waals surface area (Å²) >= 11 is 6.04. The molecule has 2 amide bonds. The molecule has 0 unspecified atom stereocenters. The van der Waals surface area contributed by atoms with Crippen LogP contribution in [0.4, 0.5) is 20.7 Å². The highest BCUT2D eigenvalue weighted by molar-refractivity contribution is 6.30. The predicted molar refractivity (Wildman–Crippen MR) is 118 cm³/mol. The predicted octanol–water partition coefficient (Wildman–Crippen LogP) is 3.62. The zero-order valence-electron chi connectivity index (χ0n) is 18.0. The van der Waals surface area contributed by atoms with Crippen molar-refractivity contribution < 1.29 is 18.7 Å². The van der Waals surface area contributed by atoms with E-state index in [1.165, 1.54) is 30.1 Å². The third kappa shape index (κ3) is 4.51. The highest BCUT2D eigenvalue weighted by Crippen LogP contribution is 2.45. The van der Waals surface area contributed by atoms with E-state index in [2.05, 4.69) is 30.9 Å². The van der Waals surface area contributed by atoms with Crippen LogP contribution in [0.2, 0.25) is 5.15 Å². The molecule has 34 heavy (non-hydrogen) atoms. The van der Waals surface area contributed by atoms with Gasteiger partial charge in [-0.15, -0.1) is 5.10 Å². The summed E-state index contributed by atoms with van der Waals surface area (Å²) < 4.78 is 21.2. The van der Waals surface area contributed by atoms with Gasteiger partial charge in [-0.05, 0) is 38.0 Å². The summed E-state index contributed by atoms with van der Waals surface area (Å²) in [4.78, 5) is 32.5. The zero-order chi connectivity index (χ0) is 24.5. The van der Waals surface area contributed by atoms with E-state index in [-0.39, 0.29) is 28.0 Å². The van der Waals surface area contributed by atoms with Crippen molar-refractivity contribution in [1.82, 2.24) is 25.0 Å². The lowest BCUT2D eigenvalue weighted by Gasteiger charge is -2.15. The maximum Gasteiger partial charge on any atom is 0.413 e. The molecule has 0 spiro atoms. The molecule has 4 rings (SSSR count). The van der Waals surface area contributed by atoms with Crippen LogP contribution in [-0.4, -0.2) is 37.0 Å². The smallest absolute Gasteiger partial charge is 0.413 e. The molecule has 1 aliphatic carbocycles. The molecule has 174 valence electrons. The number of hydrogen-bond acceptors (Lipinski definition) is 8. The molecule has 3 aromatic heterocycles. The van der Waals surface area contributed by atoms with E-state index in [4.69, 9.17) is 21.6 Å². The molecule has 0 bridgehead atoms. The van der Waals surface area contributed by atoms with Crippen LogP contribution in [0.1, 0.15) is 31.4 Å². The number of amides is 2. The van der Waals surface area contributed by atoms with Crippen molar-refractivity contribution in [2.45, 2.75) is 25.9 Å². The first-order chi connectivity index (χ1) is 16.2. The monoisotopic (exact) mass is 484 g/mol. The Kier molecular flexibility index (Phi) is 6.12. The first kappa shape index (κ1) is 23.1. The van der Waals surface area contributed by atoms with Crippen molar-refractivity contribution >= 4 is 35.1 Å². The summed E-state index contributed by atoms with van der Waals surface area (Å²) in [5.41, 5.74) is -0.615. The number of halogens is 2. The van der Waals surface area contributed by atoms with Gasteiger partial charge < -0.3 is 10.1 Å². The number of anilines is 2. The van der Waals surface area contributed by atoms with Crippen molar-refractivity contribution in [2.24, 2.45) is 12.5 Å². The lowest BCUT2D eigenvalue weighted by atomic mass is 10.1. The van der Waals surface area contributed by atoms with Crippen molar-refractivity contribution in [1.29, 1.82) is 5.26 Å². The Morgan fingerprint density at radius 1 is 1.32 bits per heavy atom. The van der Waals surface area contributed by atoms with Gasteiger partial charge in [0.15, 0.2) is 11.5 Å². The second kappa shape index (κ2) is 9.03. The molecule has 1 atom stereocenters. The van der Waals surface area contributed by atoms with Crippen molar-refractivity contribution in [2.75, 3.05) is 10.6 Å². The molecule has 3 heterocycles. The summed E-state index contributed by atoms with van der Waals surface area (Å²) in [6, 6.07) is 7.99. The Labute approximate surface area is 197 Å². The third-order valence-corrected chi connectivity index (χ3v) is 5.61. The average molecular weight is 485 g/mol. The topological polar surface area (TPSA) is 148 Å². The Balaban J connectivity index is 1.49. The summed E-state index contributed by atoms with van der Waals surface area (Å²) in [6.07, 6.45) is 0.849. The number of rotatable bonds is 6. The number of nitrogens with one attached hydrogen (secondary N) is 2. The quantitative estimate of drug-likeness (QED) is 0.504. The zero-order valence-corrected chi connectivity index (χ0v) is 18.8. The van der Waals surface area contributed by atoms with Crippen molar-refractivity contribution in [3.05, 3.63) is 47.1 Å². The molecule has 2 N–H and O–H groups in total. The number of pyridine rings is 2. The van der Waals surface area contributed by atoms with Gasteiger partial charge in [0.05, 0.1) is 17.5 Å². The maximum absolute atomic E-state index is 14.6. The van der Waals surface area contributed by atoms with E-state index in [1.807, 2.05) is 6.07 Å². The van der Waals surface area contributed by atoms with Crippen LogP contribution < -0.4 is 10.6 Å². The van der Waals surface area contributed by atoms with Gasteiger partial charge >= 0.3 is 6.09 Å². The number of carbonyl (C=O) groups excluding carboxylic acids is 2. The number of nitrogens with zero attached hydrogens (tertiary/aromatic N) is 6. The normalized spacial score (nSPS) is 14.6. The molecule has 1 aliphatic rings. The van der Waals surface area contributed by atoms with Gasteiger partial charge in [-0.1, -0.05) is 22.9 Å². The second-order valence-electron chi connectivity index (χ2n) is 7.65. The number of carbonyl (C=O) groups is 2. The fourth-order valence-electron chi connectivity index (χ4n) is 3.14. The summed E-state index contributed by atoms with van der Waals surface area (Å²) in [6.45, 7) is 1.63. The second-order valence-corrected chi connectivity index (χ2v) is 8.01. The number of aryl methyl sites for hydroxylation is 1. The first-order valence-corrected chi connectivity index (χ1v) is 10.5. The molecule has 0 radical (unpaired) electrons. The van der Waals surface area contributed by atoms with E-state index in [0.29, 0.717) is 18.4 Å². The first-order valence-electron chi connectivity index (χ1n) is 10.1. The average Bonchev–Trinajstić information content (AvgIpc) is 3.54. The molecule has 11 nitrogen and oxygen atoms in total. The minimum Gasteiger partial charge on any atom is -0.441 e. The Bertz CT molecular complexity index is 1320. The summed E-state index contributed by atoms with van der Waals surface area (Å²) in [5.74, 6) is -1.44. The van der Waals surface area contributed by atoms with E-state index < -0.39 is 29.5 Å². The minimum absolute atomic E-state index is 0.0590. The molecule has 0 aromatic carbocycles. The van der Waals surface area contributed by atoms with Crippen LogP contribution in [0.25, 0.3) is 11.4 Å². The van der Waals surface area contributed by atoms with Crippen LogP contribution in [0.3, 0.4) is 0 Å². The number of nitriles is 1. The Morgan fingerprint density at radius 3 is 2.74 bits per heavy atom. The van der Waals surface area contributed by atoms with E-state index >= 15 is 0 Å². The number of aromatic nitrogens is 5. The van der Waals surface area contributed by atoms with E-state index in [9.17, 15) is 14.0 Å². The van der Waals surface area contributed by atoms with Crippen LogP contribution >= 0.6 is 11.6 Å². The van der Waals surface area contributed by atoms with Gasteiger partial charge in [-0.25, -0.2) is 19.4 Å². The van der Waals surface area contributed by atoms with Crippen LogP contribution in [0.15, 0.2) is 30.5 Å². The minimum atomic E-state index is -1.11. The summed E-state index contributed by atoms with van der Waals surface area (Å²) in [7, 11) is 1.52. The van der Waals surface area contributed by atoms with E-state index in [0.717, 1.165) is 0 Å². The molecule has 0 saturated heterocycles. The van der Waals surface area contributed by atoms with Gasteiger partial charge in [0.25, 0.3) is 0 Å². The van der Waals surface area contributed by atoms with Crippen molar-refractivity contribution in [3.63, 3.8) is 0 Å². The highest BCUT2D eigenvalue weighted by Gasteiger charge is 2.50. The fraction of sp³-hybridized carbons (Fsp3) is 0.286. The largest absolute Gasteiger partial charge is 0.441 e. The van der Waals surface area contributed by atoms with Crippen LogP contribution in [-0.2, 0) is 16.6 Å². The van der Waals surface area contributed by atoms with Crippen molar-refractivity contribution in [3.8, 4) is 17.5 Å². The molecule has 3 aromatic rings. The Morgan fingerprint density at radius 2 is 2.09 bits per heavy atom. The van der Waals surface area contributed by atoms with Gasteiger partial charge in [0, 0.05) is 18.8 Å². The third-order valence-electron chi connectivity index (χ3n) is 5.30. The van der Waals surface area contributed by atoms with Gasteiger partial charge in [-0.3, -0.25) is 10.1 Å². The maximum atomic E-state index is 14.6. The van der Waals surface area contributed by atoms with Gasteiger partial charge in [-0.2, -0.15) is 9.65 Å². The summed E-state index contributed by atoms with van der Waals surface area (Å²) in [5, 5.41) is 22.0. The van der Waals surface area contributed by atoms with Crippen LogP contribution in [0.5, 0.6) is 0 Å². The molecular weight excluding hydrogens is 467 g/mol. The molecule has 13 heteroatoms. The van der Waals surface area contributed by atoms with Crippen LogP contribution in [0, 0.1) is 22.7 Å². The standard InChI is InChI=1S/C21H18ClFN8O3/c1-11(12-4-3-9-25-16(12)22)34-20(33)28-18-15(29-30-31(18)2)13-5-6-14(17(23)26-13)27-19(32)21(10-24)7-8-21/h3-6,9,11H,7-8H2,1-2H3,(H,27,32)(H,28,33)/t11-/m1/s1. The lowest BCUT2D eigenvalue weighted by Crippen LogP contribution is -2.23. The highest BCUT2D eigenvalue weighted by atomic mass is 35.5. The van der Waals surface area contributed by atoms with E-state index in [1.54, 1.807) is 19.1 Å². The fourth-order valence-corrected chi connectivity index (χ4v) is 3.41.